The molecule has 5 nitrogen and oxygen atoms in total. The van der Waals surface area contributed by atoms with Gasteiger partial charge >= 0.3 is 5.97 Å². The van der Waals surface area contributed by atoms with Gasteiger partial charge < -0.3 is 5.11 Å². The van der Waals surface area contributed by atoms with Crippen LogP contribution in [0.2, 0.25) is 5.02 Å². The highest BCUT2D eigenvalue weighted by molar-refractivity contribution is 6.30. The third-order valence-electron chi connectivity index (χ3n) is 2.84. The van der Waals surface area contributed by atoms with Crippen LogP contribution in [-0.2, 0) is 0 Å². The maximum atomic E-state index is 11.2. The van der Waals surface area contributed by atoms with Crippen LogP contribution in [0.1, 0.15) is 41.5 Å². The third-order valence-corrected chi connectivity index (χ3v) is 3.08. The van der Waals surface area contributed by atoms with E-state index >= 15 is 0 Å². The zero-order valence-electron chi connectivity index (χ0n) is 10.9. The average Bonchev–Trinajstić information content (AvgIpc) is 2.73. The van der Waals surface area contributed by atoms with Gasteiger partial charge in [-0.1, -0.05) is 30.7 Å². The maximum absolute atomic E-state index is 11.2. The monoisotopic (exact) mass is 279 g/mol. The van der Waals surface area contributed by atoms with Gasteiger partial charge in [0, 0.05) is 5.02 Å². The molecule has 0 radical (unpaired) electrons. The standard InChI is InChI=1S/C13H14ClN3O2/c1-7(2)12-11(13(18)19)15-16-17(12)10-5-4-9(14)6-8(10)3/h4-7H,1-3H3,(H,18,19). The van der Waals surface area contributed by atoms with Gasteiger partial charge in [0.15, 0.2) is 5.69 Å². The molecule has 0 aliphatic carbocycles. The Labute approximate surface area is 115 Å². The van der Waals surface area contributed by atoms with Crippen molar-refractivity contribution in [2.75, 3.05) is 0 Å². The minimum Gasteiger partial charge on any atom is -0.476 e. The summed E-state index contributed by atoms with van der Waals surface area (Å²) in [6.07, 6.45) is 0. The molecule has 0 amide bonds. The summed E-state index contributed by atoms with van der Waals surface area (Å²) in [5, 5.41) is 17.5. The Bertz CT molecular complexity index is 635. The number of benzene rings is 1. The number of halogens is 1. The normalized spacial score (nSPS) is 11.0. The van der Waals surface area contributed by atoms with Crippen LogP contribution in [0.3, 0.4) is 0 Å². The van der Waals surface area contributed by atoms with Gasteiger partial charge in [0.25, 0.3) is 0 Å². The Balaban J connectivity index is 2.65. The fourth-order valence-electron chi connectivity index (χ4n) is 1.99. The quantitative estimate of drug-likeness (QED) is 0.937. The van der Waals surface area contributed by atoms with E-state index < -0.39 is 5.97 Å². The Morgan fingerprint density at radius 1 is 1.42 bits per heavy atom. The summed E-state index contributed by atoms with van der Waals surface area (Å²) in [5.41, 5.74) is 2.27. The van der Waals surface area contributed by atoms with Crippen molar-refractivity contribution >= 4 is 17.6 Å². The number of hydrogen-bond donors (Lipinski definition) is 1. The van der Waals surface area contributed by atoms with Crippen molar-refractivity contribution in [3.05, 3.63) is 40.2 Å². The summed E-state index contributed by atoms with van der Waals surface area (Å²) in [6, 6.07) is 5.36. The maximum Gasteiger partial charge on any atom is 0.358 e. The highest BCUT2D eigenvalue weighted by Gasteiger charge is 2.22. The summed E-state index contributed by atoms with van der Waals surface area (Å²) in [5.74, 6) is -1.07. The zero-order chi connectivity index (χ0) is 14.2. The first-order valence-electron chi connectivity index (χ1n) is 5.87. The highest BCUT2D eigenvalue weighted by Crippen LogP contribution is 2.24. The molecule has 1 heterocycles. The molecule has 19 heavy (non-hydrogen) atoms. The van der Waals surface area contributed by atoms with Crippen molar-refractivity contribution < 1.29 is 9.90 Å². The largest absolute Gasteiger partial charge is 0.476 e. The predicted octanol–water partition coefficient (Wildman–Crippen LogP) is 3.05. The molecule has 0 bridgehead atoms. The van der Waals surface area contributed by atoms with Crippen LogP contribution in [0.4, 0.5) is 0 Å². The lowest BCUT2D eigenvalue weighted by molar-refractivity contribution is 0.0688. The molecular formula is C13H14ClN3O2. The predicted molar refractivity (Wildman–Crippen MR) is 72.2 cm³/mol. The molecule has 0 atom stereocenters. The van der Waals surface area contributed by atoms with Crippen LogP contribution in [0.5, 0.6) is 0 Å². The van der Waals surface area contributed by atoms with E-state index in [1.807, 2.05) is 32.9 Å². The lowest BCUT2D eigenvalue weighted by Gasteiger charge is -2.12. The molecule has 0 saturated heterocycles. The van der Waals surface area contributed by atoms with Crippen LogP contribution in [0.25, 0.3) is 5.69 Å². The van der Waals surface area contributed by atoms with Crippen molar-refractivity contribution in [2.24, 2.45) is 0 Å². The van der Waals surface area contributed by atoms with E-state index in [9.17, 15) is 4.79 Å². The molecule has 2 aromatic rings. The van der Waals surface area contributed by atoms with Crippen LogP contribution < -0.4 is 0 Å². The first-order valence-corrected chi connectivity index (χ1v) is 6.25. The van der Waals surface area contributed by atoms with Gasteiger partial charge in [0.05, 0.1) is 11.4 Å². The van der Waals surface area contributed by atoms with Crippen molar-refractivity contribution in [3.8, 4) is 5.69 Å². The Hall–Kier alpha value is -1.88. The molecule has 6 heteroatoms. The van der Waals surface area contributed by atoms with Crippen molar-refractivity contribution in [1.29, 1.82) is 0 Å². The number of hydrogen-bond acceptors (Lipinski definition) is 3. The first-order chi connectivity index (χ1) is 8.91. The van der Waals surface area contributed by atoms with Gasteiger partial charge in [-0.2, -0.15) is 0 Å². The van der Waals surface area contributed by atoms with E-state index in [2.05, 4.69) is 10.3 Å². The van der Waals surface area contributed by atoms with Gasteiger partial charge in [-0.15, -0.1) is 5.10 Å². The number of nitrogens with zero attached hydrogens (tertiary/aromatic N) is 3. The molecule has 0 aliphatic rings. The number of aromatic nitrogens is 3. The second-order valence-corrected chi connectivity index (χ2v) is 5.06. The van der Waals surface area contributed by atoms with Crippen LogP contribution >= 0.6 is 11.6 Å². The van der Waals surface area contributed by atoms with Crippen molar-refractivity contribution in [1.82, 2.24) is 15.0 Å². The Morgan fingerprint density at radius 3 is 2.63 bits per heavy atom. The van der Waals surface area contributed by atoms with E-state index in [-0.39, 0.29) is 11.6 Å². The number of carboxylic acids is 1. The van der Waals surface area contributed by atoms with E-state index in [1.165, 1.54) is 0 Å². The minimum absolute atomic E-state index is 0.00354. The Morgan fingerprint density at radius 2 is 2.11 bits per heavy atom. The lowest BCUT2D eigenvalue weighted by Crippen LogP contribution is -2.09. The van der Waals surface area contributed by atoms with Gasteiger partial charge in [-0.3, -0.25) is 0 Å². The number of rotatable bonds is 3. The molecule has 1 aromatic carbocycles. The molecule has 100 valence electrons. The number of aromatic carboxylic acids is 1. The number of carbonyl (C=O) groups is 1. The van der Waals surface area contributed by atoms with Crippen molar-refractivity contribution in [3.63, 3.8) is 0 Å². The fraction of sp³-hybridized carbons (Fsp3) is 0.308. The lowest BCUT2D eigenvalue weighted by atomic mass is 10.1. The zero-order valence-corrected chi connectivity index (χ0v) is 11.6. The second kappa shape index (κ2) is 5.01. The van der Waals surface area contributed by atoms with Crippen LogP contribution in [0.15, 0.2) is 18.2 Å². The van der Waals surface area contributed by atoms with Crippen molar-refractivity contribution in [2.45, 2.75) is 26.7 Å². The molecule has 2 rings (SSSR count). The average molecular weight is 280 g/mol. The van der Waals surface area contributed by atoms with Gasteiger partial charge in [-0.05, 0) is 36.6 Å². The minimum atomic E-state index is -1.07. The van der Waals surface area contributed by atoms with Gasteiger partial charge in [0.1, 0.15) is 0 Å². The molecule has 1 aromatic heterocycles. The smallest absolute Gasteiger partial charge is 0.358 e. The molecule has 0 aliphatic heterocycles. The summed E-state index contributed by atoms with van der Waals surface area (Å²) < 4.78 is 1.57. The van der Waals surface area contributed by atoms with E-state index in [4.69, 9.17) is 16.7 Å². The topological polar surface area (TPSA) is 68.0 Å². The summed E-state index contributed by atoms with van der Waals surface area (Å²) in [6.45, 7) is 5.72. The summed E-state index contributed by atoms with van der Waals surface area (Å²) in [7, 11) is 0. The fourth-order valence-corrected chi connectivity index (χ4v) is 2.22. The number of carboxylic acid groups (broad SMARTS) is 1. The molecule has 0 spiro atoms. The highest BCUT2D eigenvalue weighted by atomic mass is 35.5. The number of aryl methyl sites for hydroxylation is 1. The molecular weight excluding hydrogens is 266 g/mol. The van der Waals surface area contributed by atoms with E-state index in [0.717, 1.165) is 11.3 Å². The van der Waals surface area contributed by atoms with Crippen LogP contribution in [0, 0.1) is 6.92 Å². The Kier molecular flexibility index (Phi) is 3.57. The summed E-state index contributed by atoms with van der Waals surface area (Å²) >= 11 is 5.92. The molecule has 0 saturated carbocycles. The van der Waals surface area contributed by atoms with Gasteiger partial charge in [0.2, 0.25) is 0 Å². The first kappa shape index (κ1) is 13.5. The van der Waals surface area contributed by atoms with E-state index in [1.54, 1.807) is 10.7 Å². The molecule has 0 fully saturated rings. The third kappa shape index (κ3) is 2.46. The second-order valence-electron chi connectivity index (χ2n) is 4.63. The van der Waals surface area contributed by atoms with E-state index in [0.29, 0.717) is 10.7 Å². The summed E-state index contributed by atoms with van der Waals surface area (Å²) in [4.78, 5) is 11.2. The van der Waals surface area contributed by atoms with Crippen LogP contribution in [-0.4, -0.2) is 26.1 Å². The van der Waals surface area contributed by atoms with Gasteiger partial charge in [-0.25, -0.2) is 9.48 Å². The SMILES string of the molecule is Cc1cc(Cl)ccc1-n1nnc(C(=O)O)c1C(C)C. The molecule has 0 unspecified atom stereocenters. The molecule has 1 N–H and O–H groups in total.